The molecular weight excluding hydrogens is 366 g/mol. The van der Waals surface area contributed by atoms with Gasteiger partial charge in [-0.05, 0) is 36.8 Å². The van der Waals surface area contributed by atoms with Crippen LogP contribution in [-0.4, -0.2) is 20.5 Å². The van der Waals surface area contributed by atoms with Crippen molar-refractivity contribution in [3.8, 4) is 5.75 Å². The Morgan fingerprint density at radius 2 is 1.85 bits per heavy atom. The van der Waals surface area contributed by atoms with E-state index in [-0.39, 0.29) is 0 Å². The third-order valence-electron chi connectivity index (χ3n) is 3.71. The van der Waals surface area contributed by atoms with Crippen LogP contribution in [0.3, 0.4) is 0 Å². The maximum atomic E-state index is 5.89. The molecule has 2 aromatic carbocycles. The summed E-state index contributed by atoms with van der Waals surface area (Å²) in [5, 5.41) is 10.2. The maximum absolute atomic E-state index is 5.89. The highest BCUT2D eigenvalue weighted by Crippen LogP contribution is 2.20. The number of benzene rings is 2. The standard InChI is InChI=1S/C20H20ClN3OS/c1-2-24-19(15-25-18-12-10-17(21)11-13-18)22-23-20(24)26-14-6-9-16-7-4-3-5-8-16/h3-13H,2,14-15H2,1H3. The third kappa shape index (κ3) is 5.13. The SMILES string of the molecule is CCn1c(COc2ccc(Cl)cc2)nnc1SCC=Cc1ccccc1. The summed E-state index contributed by atoms with van der Waals surface area (Å²) in [7, 11) is 0. The van der Waals surface area contributed by atoms with Gasteiger partial charge in [0.25, 0.3) is 0 Å². The van der Waals surface area contributed by atoms with Gasteiger partial charge < -0.3 is 9.30 Å². The van der Waals surface area contributed by atoms with Crippen molar-refractivity contribution >= 4 is 29.4 Å². The monoisotopic (exact) mass is 385 g/mol. The quantitative estimate of drug-likeness (QED) is 0.491. The molecule has 0 aliphatic rings. The molecule has 3 aromatic rings. The summed E-state index contributed by atoms with van der Waals surface area (Å²) in [5.41, 5.74) is 1.20. The highest BCUT2D eigenvalue weighted by molar-refractivity contribution is 7.99. The van der Waals surface area contributed by atoms with Crippen LogP contribution in [0.25, 0.3) is 6.08 Å². The molecule has 134 valence electrons. The molecule has 0 amide bonds. The fourth-order valence-corrected chi connectivity index (χ4v) is 3.36. The number of hydrogen-bond donors (Lipinski definition) is 0. The van der Waals surface area contributed by atoms with Gasteiger partial charge in [-0.1, -0.05) is 65.8 Å². The van der Waals surface area contributed by atoms with Crippen molar-refractivity contribution in [2.24, 2.45) is 0 Å². The van der Waals surface area contributed by atoms with Gasteiger partial charge in [0.05, 0.1) is 0 Å². The molecule has 3 rings (SSSR count). The summed E-state index contributed by atoms with van der Waals surface area (Å²) in [6.45, 7) is 3.26. The minimum atomic E-state index is 0.378. The Morgan fingerprint density at radius 3 is 2.58 bits per heavy atom. The lowest BCUT2D eigenvalue weighted by atomic mass is 10.2. The maximum Gasteiger partial charge on any atom is 0.191 e. The van der Waals surface area contributed by atoms with E-state index in [0.717, 1.165) is 29.0 Å². The van der Waals surface area contributed by atoms with Gasteiger partial charge in [0.1, 0.15) is 12.4 Å². The first-order chi connectivity index (χ1) is 12.8. The van der Waals surface area contributed by atoms with Gasteiger partial charge in [-0.3, -0.25) is 0 Å². The van der Waals surface area contributed by atoms with Gasteiger partial charge in [-0.15, -0.1) is 10.2 Å². The zero-order chi connectivity index (χ0) is 18.2. The van der Waals surface area contributed by atoms with Crippen LogP contribution in [0.5, 0.6) is 5.75 Å². The molecule has 0 unspecified atom stereocenters. The third-order valence-corrected chi connectivity index (χ3v) is 4.88. The largest absolute Gasteiger partial charge is 0.486 e. The minimum Gasteiger partial charge on any atom is -0.486 e. The fourth-order valence-electron chi connectivity index (χ4n) is 2.40. The molecule has 0 saturated heterocycles. The molecule has 0 aliphatic carbocycles. The Labute approximate surface area is 162 Å². The first kappa shape index (κ1) is 18.5. The van der Waals surface area contributed by atoms with Crippen LogP contribution in [-0.2, 0) is 13.2 Å². The molecule has 0 fully saturated rings. The Balaban J connectivity index is 1.57. The van der Waals surface area contributed by atoms with Crippen LogP contribution in [0.4, 0.5) is 0 Å². The molecule has 0 spiro atoms. The van der Waals surface area contributed by atoms with E-state index in [1.54, 1.807) is 11.8 Å². The number of rotatable bonds is 8. The molecule has 0 radical (unpaired) electrons. The molecule has 0 aliphatic heterocycles. The van der Waals surface area contributed by atoms with Gasteiger partial charge in [0.15, 0.2) is 11.0 Å². The van der Waals surface area contributed by atoms with Crippen LogP contribution >= 0.6 is 23.4 Å². The Bertz CT molecular complexity index is 847. The number of nitrogens with zero attached hydrogens (tertiary/aromatic N) is 3. The highest BCUT2D eigenvalue weighted by Gasteiger charge is 2.11. The van der Waals surface area contributed by atoms with Crippen molar-refractivity contribution in [2.75, 3.05) is 5.75 Å². The van der Waals surface area contributed by atoms with Gasteiger partial charge >= 0.3 is 0 Å². The molecule has 26 heavy (non-hydrogen) atoms. The second kappa shape index (κ2) is 9.46. The number of thioether (sulfide) groups is 1. The zero-order valence-electron chi connectivity index (χ0n) is 14.5. The predicted octanol–water partition coefficient (Wildman–Crippen LogP) is 5.34. The van der Waals surface area contributed by atoms with Crippen molar-refractivity contribution in [1.82, 2.24) is 14.8 Å². The normalized spacial score (nSPS) is 11.2. The van der Waals surface area contributed by atoms with Crippen LogP contribution < -0.4 is 4.74 Å². The Kier molecular flexibility index (Phi) is 6.75. The minimum absolute atomic E-state index is 0.378. The van der Waals surface area contributed by atoms with E-state index in [9.17, 15) is 0 Å². The second-order valence-corrected chi connectivity index (χ2v) is 6.93. The molecule has 0 N–H and O–H groups in total. The molecule has 1 aromatic heterocycles. The van der Waals surface area contributed by atoms with Gasteiger partial charge in [-0.2, -0.15) is 0 Å². The van der Waals surface area contributed by atoms with E-state index < -0.39 is 0 Å². The topological polar surface area (TPSA) is 39.9 Å². The Hall–Kier alpha value is -2.24. The van der Waals surface area contributed by atoms with Crippen molar-refractivity contribution in [3.63, 3.8) is 0 Å². The molecule has 0 saturated carbocycles. The van der Waals surface area contributed by atoms with Crippen LogP contribution in [0.15, 0.2) is 65.8 Å². The summed E-state index contributed by atoms with van der Waals surface area (Å²) in [4.78, 5) is 0. The summed E-state index contributed by atoms with van der Waals surface area (Å²) in [5.74, 6) is 2.42. The van der Waals surface area contributed by atoms with Crippen LogP contribution in [0.2, 0.25) is 5.02 Å². The Morgan fingerprint density at radius 1 is 1.08 bits per heavy atom. The molecule has 0 bridgehead atoms. The number of halogens is 1. The van der Waals surface area contributed by atoms with Crippen LogP contribution in [0, 0.1) is 0 Å². The number of hydrogen-bond acceptors (Lipinski definition) is 4. The van der Waals surface area contributed by atoms with Gasteiger partial charge in [-0.25, -0.2) is 0 Å². The molecular formula is C20H20ClN3OS. The fraction of sp³-hybridized carbons (Fsp3) is 0.200. The van der Waals surface area contributed by atoms with Crippen molar-refractivity contribution in [2.45, 2.75) is 25.2 Å². The van der Waals surface area contributed by atoms with E-state index in [4.69, 9.17) is 16.3 Å². The summed E-state index contributed by atoms with van der Waals surface area (Å²) in [6.07, 6.45) is 4.25. The first-order valence-corrected chi connectivity index (χ1v) is 9.77. The van der Waals surface area contributed by atoms with Crippen LogP contribution in [0.1, 0.15) is 18.3 Å². The molecule has 1 heterocycles. The highest BCUT2D eigenvalue weighted by atomic mass is 35.5. The molecule has 6 heteroatoms. The molecule has 0 atom stereocenters. The van der Waals surface area contributed by atoms with E-state index in [0.29, 0.717) is 11.6 Å². The summed E-state index contributed by atoms with van der Waals surface area (Å²) < 4.78 is 7.86. The van der Waals surface area contributed by atoms with E-state index in [1.165, 1.54) is 5.56 Å². The zero-order valence-corrected chi connectivity index (χ0v) is 16.1. The predicted molar refractivity (Wildman–Crippen MR) is 108 cm³/mol. The van der Waals surface area contributed by atoms with Gasteiger partial charge in [0, 0.05) is 17.3 Å². The van der Waals surface area contributed by atoms with E-state index >= 15 is 0 Å². The lowest BCUT2D eigenvalue weighted by Gasteiger charge is -2.08. The lowest BCUT2D eigenvalue weighted by molar-refractivity contribution is 0.288. The van der Waals surface area contributed by atoms with Gasteiger partial charge in [0.2, 0.25) is 0 Å². The number of ether oxygens (including phenoxy) is 1. The number of aromatic nitrogens is 3. The van der Waals surface area contributed by atoms with Crippen molar-refractivity contribution in [3.05, 3.63) is 77.1 Å². The summed E-state index contributed by atoms with van der Waals surface area (Å²) >= 11 is 7.55. The summed E-state index contributed by atoms with van der Waals surface area (Å²) in [6, 6.07) is 17.6. The lowest BCUT2D eigenvalue weighted by Crippen LogP contribution is -2.07. The molecule has 4 nitrogen and oxygen atoms in total. The van der Waals surface area contributed by atoms with Crippen molar-refractivity contribution < 1.29 is 4.74 Å². The first-order valence-electron chi connectivity index (χ1n) is 8.41. The average molecular weight is 386 g/mol. The van der Waals surface area contributed by atoms with E-state index in [1.807, 2.05) is 42.5 Å². The van der Waals surface area contributed by atoms with Crippen molar-refractivity contribution in [1.29, 1.82) is 0 Å². The van der Waals surface area contributed by atoms with E-state index in [2.05, 4.69) is 46.0 Å². The second-order valence-electron chi connectivity index (χ2n) is 5.51. The average Bonchev–Trinajstić information content (AvgIpc) is 3.07. The smallest absolute Gasteiger partial charge is 0.191 e.